The van der Waals surface area contributed by atoms with Gasteiger partial charge in [-0.25, -0.2) is 4.68 Å². The molecule has 25 heavy (non-hydrogen) atoms. The first kappa shape index (κ1) is 17.0. The minimum absolute atomic E-state index is 0.0497. The van der Waals surface area contributed by atoms with Gasteiger partial charge in [-0.2, -0.15) is 5.10 Å². The Balaban J connectivity index is 1.91. The molecule has 0 saturated carbocycles. The lowest BCUT2D eigenvalue weighted by atomic mass is 10.0. The molecule has 2 aromatic rings. The maximum Gasteiger partial charge on any atom is 0.274 e. The molecule has 1 aliphatic rings. The van der Waals surface area contributed by atoms with Gasteiger partial charge < -0.3 is 14.4 Å². The summed E-state index contributed by atoms with van der Waals surface area (Å²) in [5.41, 5.74) is 1.03. The van der Waals surface area contributed by atoms with E-state index in [4.69, 9.17) is 9.47 Å². The van der Waals surface area contributed by atoms with Crippen LogP contribution in [-0.2, 0) is 7.05 Å². The van der Waals surface area contributed by atoms with E-state index in [9.17, 15) is 9.59 Å². The summed E-state index contributed by atoms with van der Waals surface area (Å²) < 4.78 is 11.8. The molecule has 1 saturated heterocycles. The number of hydrogen-bond donors (Lipinski definition) is 0. The topological polar surface area (TPSA) is 73.7 Å². The number of benzene rings is 1. The number of nitrogens with zero attached hydrogens (tertiary/aromatic N) is 3. The van der Waals surface area contributed by atoms with Crippen LogP contribution in [0, 0.1) is 0 Å². The molecule has 132 valence electrons. The average Bonchev–Trinajstić information content (AvgIpc) is 3.12. The van der Waals surface area contributed by atoms with Gasteiger partial charge in [-0.15, -0.1) is 0 Å². The smallest absolute Gasteiger partial charge is 0.274 e. The number of likely N-dealkylation sites (tertiary alicyclic amines) is 1. The van der Waals surface area contributed by atoms with Crippen LogP contribution in [0.25, 0.3) is 0 Å². The molecule has 1 aromatic heterocycles. The third-order valence-electron chi connectivity index (χ3n) is 4.49. The quantitative estimate of drug-likeness (QED) is 0.846. The predicted molar refractivity (Wildman–Crippen MR) is 92.0 cm³/mol. The molecule has 1 amide bonds. The van der Waals surface area contributed by atoms with E-state index in [2.05, 4.69) is 5.10 Å². The summed E-state index contributed by atoms with van der Waals surface area (Å²) in [6.45, 7) is 0.655. The van der Waals surface area contributed by atoms with Crippen molar-refractivity contribution in [3.63, 3.8) is 0 Å². The standard InChI is InChI=1S/C18H21N3O4/c1-20-17(22)9-7-13(19-20)18(23)21-10-4-5-14(21)12-6-8-15(24-2)16(11-12)25-3/h6-9,11,14H,4-5,10H2,1-3H3. The van der Waals surface area contributed by atoms with Crippen molar-refractivity contribution in [1.29, 1.82) is 0 Å². The second-order valence-electron chi connectivity index (χ2n) is 5.95. The van der Waals surface area contributed by atoms with Crippen molar-refractivity contribution < 1.29 is 14.3 Å². The van der Waals surface area contributed by atoms with Crippen LogP contribution in [0.3, 0.4) is 0 Å². The zero-order valence-corrected chi connectivity index (χ0v) is 14.6. The molecule has 1 unspecified atom stereocenters. The molecule has 1 atom stereocenters. The average molecular weight is 343 g/mol. The lowest BCUT2D eigenvalue weighted by molar-refractivity contribution is 0.0727. The summed E-state index contributed by atoms with van der Waals surface area (Å²) in [6, 6.07) is 8.50. The molecule has 2 heterocycles. The fraction of sp³-hybridized carbons (Fsp3) is 0.389. The summed E-state index contributed by atoms with van der Waals surface area (Å²) in [5, 5.41) is 4.07. The van der Waals surface area contributed by atoms with Crippen molar-refractivity contribution in [2.24, 2.45) is 7.05 Å². The largest absolute Gasteiger partial charge is 0.493 e. The number of aromatic nitrogens is 2. The number of carbonyl (C=O) groups excluding carboxylic acids is 1. The molecular weight excluding hydrogens is 322 g/mol. The fourth-order valence-electron chi connectivity index (χ4n) is 3.18. The van der Waals surface area contributed by atoms with Crippen LogP contribution in [0.4, 0.5) is 0 Å². The van der Waals surface area contributed by atoms with E-state index in [1.54, 1.807) is 19.1 Å². The van der Waals surface area contributed by atoms with Crippen molar-refractivity contribution in [2.75, 3.05) is 20.8 Å². The van der Waals surface area contributed by atoms with Gasteiger partial charge in [0.25, 0.3) is 11.5 Å². The van der Waals surface area contributed by atoms with E-state index in [0.29, 0.717) is 18.0 Å². The zero-order valence-electron chi connectivity index (χ0n) is 14.6. The van der Waals surface area contributed by atoms with Crippen LogP contribution in [0.15, 0.2) is 35.1 Å². The predicted octanol–water partition coefficient (Wildman–Crippen LogP) is 1.77. The van der Waals surface area contributed by atoms with Gasteiger partial charge in [-0.3, -0.25) is 9.59 Å². The zero-order chi connectivity index (χ0) is 18.0. The molecule has 7 heteroatoms. The number of methoxy groups -OCH3 is 2. The Kier molecular flexibility index (Phi) is 4.74. The lowest BCUT2D eigenvalue weighted by Crippen LogP contribution is -2.33. The highest BCUT2D eigenvalue weighted by Gasteiger charge is 2.32. The Morgan fingerprint density at radius 3 is 2.60 bits per heavy atom. The van der Waals surface area contributed by atoms with Crippen LogP contribution < -0.4 is 15.0 Å². The summed E-state index contributed by atoms with van der Waals surface area (Å²) >= 11 is 0. The first-order valence-electron chi connectivity index (χ1n) is 8.12. The van der Waals surface area contributed by atoms with Crippen LogP contribution in [-0.4, -0.2) is 41.4 Å². The molecule has 0 N–H and O–H groups in total. The van der Waals surface area contributed by atoms with E-state index < -0.39 is 0 Å². The van der Waals surface area contributed by atoms with Crippen LogP contribution in [0.5, 0.6) is 11.5 Å². The number of ether oxygens (including phenoxy) is 2. The summed E-state index contributed by atoms with van der Waals surface area (Å²) in [4.78, 5) is 26.1. The summed E-state index contributed by atoms with van der Waals surface area (Å²) in [6.07, 6.45) is 1.78. The van der Waals surface area contributed by atoms with Gasteiger partial charge in [0.15, 0.2) is 11.5 Å². The maximum atomic E-state index is 12.9. The van der Waals surface area contributed by atoms with Crippen LogP contribution >= 0.6 is 0 Å². The van der Waals surface area contributed by atoms with E-state index in [-0.39, 0.29) is 23.2 Å². The molecular formula is C18H21N3O4. The highest BCUT2D eigenvalue weighted by atomic mass is 16.5. The molecule has 0 spiro atoms. The molecule has 1 fully saturated rings. The normalized spacial score (nSPS) is 16.8. The monoisotopic (exact) mass is 343 g/mol. The lowest BCUT2D eigenvalue weighted by Gasteiger charge is -2.25. The van der Waals surface area contributed by atoms with Crippen molar-refractivity contribution in [3.8, 4) is 11.5 Å². The Labute approximate surface area is 145 Å². The molecule has 3 rings (SSSR count). The van der Waals surface area contributed by atoms with Gasteiger partial charge in [0, 0.05) is 19.7 Å². The first-order valence-corrected chi connectivity index (χ1v) is 8.12. The van der Waals surface area contributed by atoms with E-state index in [1.165, 1.54) is 23.9 Å². The number of hydrogen-bond acceptors (Lipinski definition) is 5. The highest BCUT2D eigenvalue weighted by molar-refractivity contribution is 5.92. The number of aryl methyl sites for hydroxylation is 1. The summed E-state index contributed by atoms with van der Waals surface area (Å²) in [5.74, 6) is 1.12. The Bertz CT molecular complexity index is 846. The first-order chi connectivity index (χ1) is 12.0. The molecule has 1 aliphatic heterocycles. The molecule has 7 nitrogen and oxygen atoms in total. The highest BCUT2D eigenvalue weighted by Crippen LogP contribution is 2.37. The molecule has 0 radical (unpaired) electrons. The third kappa shape index (κ3) is 3.22. The minimum atomic E-state index is -0.241. The van der Waals surface area contributed by atoms with Crippen LogP contribution in [0.1, 0.15) is 34.9 Å². The fourth-order valence-corrected chi connectivity index (χ4v) is 3.18. The number of amides is 1. The second-order valence-corrected chi connectivity index (χ2v) is 5.95. The van der Waals surface area contributed by atoms with Crippen molar-refractivity contribution in [1.82, 2.24) is 14.7 Å². The van der Waals surface area contributed by atoms with E-state index >= 15 is 0 Å². The Hall–Kier alpha value is -2.83. The van der Waals surface area contributed by atoms with E-state index in [0.717, 1.165) is 18.4 Å². The van der Waals surface area contributed by atoms with Gasteiger partial charge in [0.05, 0.1) is 20.3 Å². The van der Waals surface area contributed by atoms with Crippen molar-refractivity contribution in [2.45, 2.75) is 18.9 Å². The van der Waals surface area contributed by atoms with Crippen molar-refractivity contribution in [3.05, 3.63) is 51.9 Å². The Morgan fingerprint density at radius 2 is 1.92 bits per heavy atom. The molecule has 0 aliphatic carbocycles. The maximum absolute atomic E-state index is 12.9. The minimum Gasteiger partial charge on any atom is -0.493 e. The van der Waals surface area contributed by atoms with Gasteiger partial charge >= 0.3 is 0 Å². The molecule has 0 bridgehead atoms. The second kappa shape index (κ2) is 6.96. The van der Waals surface area contributed by atoms with Gasteiger partial charge in [-0.1, -0.05) is 6.07 Å². The van der Waals surface area contributed by atoms with Crippen molar-refractivity contribution >= 4 is 5.91 Å². The van der Waals surface area contributed by atoms with E-state index in [1.807, 2.05) is 18.2 Å². The van der Waals surface area contributed by atoms with Gasteiger partial charge in [0.1, 0.15) is 5.69 Å². The molecule has 1 aromatic carbocycles. The Morgan fingerprint density at radius 1 is 1.16 bits per heavy atom. The number of rotatable bonds is 4. The van der Waals surface area contributed by atoms with Gasteiger partial charge in [-0.05, 0) is 36.6 Å². The summed E-state index contributed by atoms with van der Waals surface area (Å²) in [7, 11) is 4.72. The third-order valence-corrected chi connectivity index (χ3v) is 4.49. The SMILES string of the molecule is COc1ccc(C2CCCN2C(=O)c2ccc(=O)n(C)n2)cc1OC. The van der Waals surface area contributed by atoms with Gasteiger partial charge in [0.2, 0.25) is 0 Å². The van der Waals surface area contributed by atoms with Crippen LogP contribution in [0.2, 0.25) is 0 Å². The number of carbonyl (C=O) groups is 1.